The van der Waals surface area contributed by atoms with Crippen LogP contribution in [-0.4, -0.2) is 28.5 Å². The molecule has 8 nitrogen and oxygen atoms in total. The van der Waals surface area contributed by atoms with Gasteiger partial charge in [-0.1, -0.05) is 24.1 Å². The molecule has 1 aromatic heterocycles. The summed E-state index contributed by atoms with van der Waals surface area (Å²) in [6.07, 6.45) is 4.91. The second-order valence-corrected chi connectivity index (χ2v) is 11.8. The fourth-order valence-corrected chi connectivity index (χ4v) is 6.84. The van der Waals surface area contributed by atoms with Gasteiger partial charge in [0.2, 0.25) is 0 Å². The summed E-state index contributed by atoms with van der Waals surface area (Å²) in [5, 5.41) is 13.3. The lowest BCUT2D eigenvalue weighted by Gasteiger charge is -2.15. The van der Waals surface area contributed by atoms with E-state index in [0.29, 0.717) is 21.9 Å². The van der Waals surface area contributed by atoms with Crippen LogP contribution in [-0.2, 0) is 22.9 Å². The predicted molar refractivity (Wildman–Crippen MR) is 145 cm³/mol. The Balaban J connectivity index is 1.63. The summed E-state index contributed by atoms with van der Waals surface area (Å²) in [4.78, 5) is 14.3. The summed E-state index contributed by atoms with van der Waals surface area (Å²) in [6.45, 7) is 1.72. The summed E-state index contributed by atoms with van der Waals surface area (Å²) in [5.74, 6) is 0.0716. The third kappa shape index (κ3) is 5.54. The molecule has 0 saturated carbocycles. The Kier molecular flexibility index (Phi) is 7.97. The number of methoxy groups -OCH3 is 2. The van der Waals surface area contributed by atoms with E-state index >= 15 is 0 Å². The van der Waals surface area contributed by atoms with Crippen molar-refractivity contribution in [2.45, 2.75) is 43.9 Å². The zero-order chi connectivity index (χ0) is 26.7. The average Bonchev–Trinajstić information content (AvgIpc) is 3.02. The molecule has 11 heteroatoms. The van der Waals surface area contributed by atoms with Crippen molar-refractivity contribution < 1.29 is 22.7 Å². The van der Waals surface area contributed by atoms with E-state index in [2.05, 4.69) is 16.1 Å². The average molecular weight is 560 g/mol. The molecule has 1 heterocycles. The molecule has 0 unspecified atom stereocenters. The topological polar surface area (TPSA) is 118 Å². The van der Waals surface area contributed by atoms with Crippen LogP contribution in [0, 0.1) is 18.3 Å². The number of sulfonamides is 1. The van der Waals surface area contributed by atoms with Crippen LogP contribution in [0.1, 0.15) is 51.2 Å². The molecule has 2 aromatic carbocycles. The van der Waals surface area contributed by atoms with Crippen molar-refractivity contribution in [2.75, 3.05) is 24.3 Å². The highest BCUT2D eigenvalue weighted by Crippen LogP contribution is 2.38. The Labute approximate surface area is 225 Å². The van der Waals surface area contributed by atoms with Crippen LogP contribution in [0.3, 0.4) is 0 Å². The fourth-order valence-electron chi connectivity index (χ4n) is 4.28. The second kappa shape index (κ2) is 11.0. The first-order chi connectivity index (χ1) is 17.7. The Morgan fingerprint density at radius 3 is 2.51 bits per heavy atom. The van der Waals surface area contributed by atoms with E-state index in [-0.39, 0.29) is 26.9 Å². The number of nitrogens with zero attached hydrogens (tertiary/aromatic N) is 1. The number of benzene rings is 2. The number of thiophene rings is 1. The van der Waals surface area contributed by atoms with Gasteiger partial charge in [-0.15, -0.1) is 11.3 Å². The molecule has 1 aliphatic carbocycles. The molecule has 1 amide bonds. The highest BCUT2D eigenvalue weighted by molar-refractivity contribution is 7.92. The summed E-state index contributed by atoms with van der Waals surface area (Å²) >= 11 is 7.61. The van der Waals surface area contributed by atoms with Crippen LogP contribution in [0.2, 0.25) is 5.02 Å². The molecule has 3 aromatic rings. The van der Waals surface area contributed by atoms with E-state index in [1.807, 2.05) is 0 Å². The molecule has 4 rings (SSSR count). The number of ether oxygens (including phenoxy) is 2. The maximum atomic E-state index is 13.3. The van der Waals surface area contributed by atoms with Crippen LogP contribution in [0.4, 0.5) is 10.7 Å². The number of carbonyl (C=O) groups is 1. The molecule has 0 spiro atoms. The van der Waals surface area contributed by atoms with E-state index in [4.69, 9.17) is 21.1 Å². The van der Waals surface area contributed by atoms with Gasteiger partial charge < -0.3 is 14.8 Å². The van der Waals surface area contributed by atoms with Gasteiger partial charge in [-0.3, -0.25) is 9.52 Å². The van der Waals surface area contributed by atoms with Crippen LogP contribution in [0.5, 0.6) is 11.5 Å². The first kappa shape index (κ1) is 26.8. The molecule has 0 fully saturated rings. The second-order valence-electron chi connectivity index (χ2n) is 8.60. The van der Waals surface area contributed by atoms with Gasteiger partial charge in [0, 0.05) is 16.5 Å². The van der Waals surface area contributed by atoms with Gasteiger partial charge in [0.15, 0.2) is 0 Å². The van der Waals surface area contributed by atoms with Gasteiger partial charge >= 0.3 is 0 Å². The Morgan fingerprint density at radius 1 is 1.08 bits per heavy atom. The van der Waals surface area contributed by atoms with Crippen LogP contribution >= 0.6 is 22.9 Å². The number of hydrogen-bond donors (Lipinski definition) is 2. The normalized spacial score (nSPS) is 13.2. The fraction of sp³-hybridized carbons (Fsp3) is 0.308. The van der Waals surface area contributed by atoms with Gasteiger partial charge in [0.25, 0.3) is 15.9 Å². The van der Waals surface area contributed by atoms with E-state index in [0.717, 1.165) is 42.5 Å². The highest BCUT2D eigenvalue weighted by Gasteiger charge is 2.24. The van der Waals surface area contributed by atoms with Gasteiger partial charge in [-0.05, 0) is 61.9 Å². The molecule has 194 valence electrons. The van der Waals surface area contributed by atoms with Crippen molar-refractivity contribution in [1.29, 1.82) is 5.26 Å². The lowest BCUT2D eigenvalue weighted by molar-refractivity contribution is 0.102. The van der Waals surface area contributed by atoms with E-state index in [9.17, 15) is 18.5 Å². The maximum Gasteiger partial charge on any atom is 0.262 e. The first-order valence-electron chi connectivity index (χ1n) is 11.6. The van der Waals surface area contributed by atoms with Crippen LogP contribution < -0.4 is 19.5 Å². The van der Waals surface area contributed by atoms with E-state index in [1.165, 1.54) is 49.8 Å². The van der Waals surface area contributed by atoms with Crippen molar-refractivity contribution in [3.05, 3.63) is 62.5 Å². The predicted octanol–water partition coefficient (Wildman–Crippen LogP) is 5.92. The maximum absolute atomic E-state index is 13.3. The molecular weight excluding hydrogens is 534 g/mol. The number of rotatable bonds is 7. The lowest BCUT2D eigenvalue weighted by atomic mass is 10.1. The molecular formula is C26H26ClN3O5S2. The molecule has 0 aliphatic heterocycles. The summed E-state index contributed by atoms with van der Waals surface area (Å²) in [5.41, 5.74) is 2.43. The summed E-state index contributed by atoms with van der Waals surface area (Å²) in [7, 11) is -1.27. The zero-order valence-electron chi connectivity index (χ0n) is 20.6. The molecule has 0 bridgehead atoms. The standard InChI is InChI=1S/C26H26ClN3O5S2/c1-15-9-10-16(37(32,33)30-21-12-20(27)22(34-2)13-23(21)35-3)11-18(15)25(31)29-26-19(14-28)17-7-5-4-6-8-24(17)36-26/h9-13,30H,4-8H2,1-3H3,(H,29,31). The van der Waals surface area contributed by atoms with E-state index in [1.54, 1.807) is 13.0 Å². The van der Waals surface area contributed by atoms with Crippen LogP contribution in [0.15, 0.2) is 35.2 Å². The SMILES string of the molecule is COc1cc(OC)c(NS(=O)(=O)c2ccc(C)c(C(=O)Nc3sc4c(c3C#N)CCCCC4)c2)cc1Cl. The molecule has 37 heavy (non-hydrogen) atoms. The van der Waals surface area contributed by atoms with Gasteiger partial charge in [0.05, 0.1) is 35.4 Å². The van der Waals surface area contributed by atoms with Gasteiger partial charge in [-0.2, -0.15) is 5.26 Å². The monoisotopic (exact) mass is 559 g/mol. The minimum atomic E-state index is -4.11. The number of fused-ring (bicyclic) bond motifs is 1. The zero-order valence-corrected chi connectivity index (χ0v) is 23.0. The van der Waals surface area contributed by atoms with Crippen molar-refractivity contribution in [2.24, 2.45) is 0 Å². The third-order valence-corrected chi connectivity index (χ3v) is 9.11. The molecule has 2 N–H and O–H groups in total. The number of nitriles is 1. The molecule has 0 saturated heterocycles. The molecule has 1 aliphatic rings. The number of halogens is 1. The van der Waals surface area contributed by atoms with E-state index < -0.39 is 15.9 Å². The summed E-state index contributed by atoms with van der Waals surface area (Å²) in [6, 6.07) is 9.41. The molecule has 0 radical (unpaired) electrons. The number of hydrogen-bond acceptors (Lipinski definition) is 7. The largest absolute Gasteiger partial charge is 0.495 e. The molecule has 0 atom stereocenters. The number of aryl methyl sites for hydroxylation is 2. The number of anilines is 2. The quantitative estimate of drug-likeness (QED) is 0.347. The highest BCUT2D eigenvalue weighted by atomic mass is 35.5. The number of nitrogens with one attached hydrogen (secondary N) is 2. The Hall–Kier alpha value is -3.26. The third-order valence-electron chi connectivity index (χ3n) is 6.24. The Morgan fingerprint density at radius 2 is 1.81 bits per heavy atom. The lowest BCUT2D eigenvalue weighted by Crippen LogP contribution is -2.17. The smallest absolute Gasteiger partial charge is 0.262 e. The Bertz CT molecular complexity index is 1510. The minimum Gasteiger partial charge on any atom is -0.495 e. The number of carbonyl (C=O) groups excluding carboxylic acids is 1. The minimum absolute atomic E-state index is 0.111. The van der Waals surface area contributed by atoms with Crippen LogP contribution in [0.25, 0.3) is 0 Å². The number of amides is 1. The van der Waals surface area contributed by atoms with Crippen molar-refractivity contribution in [3.63, 3.8) is 0 Å². The summed E-state index contributed by atoms with van der Waals surface area (Å²) < 4.78 is 39.4. The van der Waals surface area contributed by atoms with Gasteiger partial charge in [-0.25, -0.2) is 8.42 Å². The van der Waals surface area contributed by atoms with Crippen molar-refractivity contribution in [1.82, 2.24) is 0 Å². The van der Waals surface area contributed by atoms with Gasteiger partial charge in [0.1, 0.15) is 22.6 Å². The first-order valence-corrected chi connectivity index (χ1v) is 14.3. The van der Waals surface area contributed by atoms with Crippen molar-refractivity contribution in [3.8, 4) is 17.6 Å². The van der Waals surface area contributed by atoms with Crippen molar-refractivity contribution >= 4 is 49.6 Å².